The van der Waals surface area contributed by atoms with Gasteiger partial charge in [-0.15, -0.1) is 11.6 Å². The Morgan fingerprint density at radius 2 is 1.94 bits per heavy atom. The highest BCUT2D eigenvalue weighted by Crippen LogP contribution is 2.32. The third kappa shape index (κ3) is 3.85. The summed E-state index contributed by atoms with van der Waals surface area (Å²) in [6.07, 6.45) is 2.26. The first kappa shape index (κ1) is 15.3. The molecular weight excluding hydrogens is 236 g/mol. The smallest absolute Gasteiger partial charge is 0.281 e. The fourth-order valence-electron chi connectivity index (χ4n) is 1.88. The number of halogens is 1. The van der Waals surface area contributed by atoms with E-state index in [-0.39, 0.29) is 5.50 Å². The maximum Gasteiger partial charge on any atom is 0.281 e. The van der Waals surface area contributed by atoms with Gasteiger partial charge in [-0.25, -0.2) is 0 Å². The van der Waals surface area contributed by atoms with Gasteiger partial charge in [0.1, 0.15) is 0 Å². The van der Waals surface area contributed by atoms with E-state index < -0.39 is 11.2 Å². The third-order valence-corrected chi connectivity index (χ3v) is 4.72. The minimum atomic E-state index is -0.852. The molecule has 1 N–H and O–H groups in total. The largest absolute Gasteiger partial charge is 0.431 e. The molecule has 0 saturated carbocycles. The Morgan fingerprint density at radius 1 is 1.35 bits per heavy atom. The van der Waals surface area contributed by atoms with Gasteiger partial charge in [-0.1, -0.05) is 6.42 Å². The number of likely N-dealkylation sites (tertiary alicyclic amines) is 1. The van der Waals surface area contributed by atoms with Crippen LogP contribution >= 0.6 is 11.6 Å². The van der Waals surface area contributed by atoms with Crippen LogP contribution in [0.3, 0.4) is 0 Å². The van der Waals surface area contributed by atoms with Gasteiger partial charge in [0.05, 0.1) is 16.7 Å². The Balaban J connectivity index is 2.50. The third-order valence-electron chi connectivity index (χ3n) is 4.03. The molecule has 1 aliphatic heterocycles. The lowest BCUT2D eigenvalue weighted by atomic mass is 9.73. The van der Waals surface area contributed by atoms with E-state index >= 15 is 0 Å². The Labute approximate surface area is 111 Å². The van der Waals surface area contributed by atoms with Crippen LogP contribution in [0.1, 0.15) is 40.5 Å². The first-order valence-electron chi connectivity index (χ1n) is 6.36. The molecule has 0 amide bonds. The minimum Gasteiger partial charge on any atom is -0.431 e. The number of rotatable bonds is 4. The molecule has 1 heterocycles. The molecule has 0 aromatic rings. The Hall–Kier alpha value is 0.235. The zero-order valence-corrected chi connectivity index (χ0v) is 12.4. The quantitative estimate of drug-likeness (QED) is 0.477. The van der Waals surface area contributed by atoms with Crippen LogP contribution in [0.25, 0.3) is 0 Å². The molecule has 1 saturated heterocycles. The Morgan fingerprint density at radius 3 is 2.47 bits per heavy atom. The van der Waals surface area contributed by atoms with E-state index in [2.05, 4.69) is 4.90 Å². The van der Waals surface area contributed by atoms with Crippen molar-refractivity contribution in [2.75, 3.05) is 13.6 Å². The second-order valence-electron chi connectivity index (χ2n) is 6.14. The summed E-state index contributed by atoms with van der Waals surface area (Å²) in [7, 11) is 2.65. The van der Waals surface area contributed by atoms with Crippen LogP contribution in [-0.4, -0.2) is 47.8 Å². The molecule has 0 aromatic heterocycles. The van der Waals surface area contributed by atoms with E-state index in [4.69, 9.17) is 16.3 Å². The summed E-state index contributed by atoms with van der Waals surface area (Å²) in [5, 5.41) is 10.0. The first-order valence-corrected chi connectivity index (χ1v) is 6.79. The van der Waals surface area contributed by atoms with Crippen molar-refractivity contribution < 1.29 is 9.76 Å². The molecule has 100 valence electrons. The fourth-order valence-corrected chi connectivity index (χ4v) is 2.17. The van der Waals surface area contributed by atoms with Gasteiger partial charge in [0.25, 0.3) is 7.48 Å². The molecule has 0 aliphatic carbocycles. The molecule has 2 unspecified atom stereocenters. The zero-order chi connectivity index (χ0) is 13.3. The molecule has 2 atom stereocenters. The predicted octanol–water partition coefficient (Wildman–Crippen LogP) is 1.98. The van der Waals surface area contributed by atoms with Crippen molar-refractivity contribution in [3.8, 4) is 0 Å². The van der Waals surface area contributed by atoms with E-state index in [9.17, 15) is 5.11 Å². The number of hydrogen-bond acceptors (Lipinski definition) is 3. The van der Waals surface area contributed by atoms with Crippen LogP contribution in [0.2, 0.25) is 5.82 Å². The van der Waals surface area contributed by atoms with E-state index in [1.807, 2.05) is 20.9 Å². The van der Waals surface area contributed by atoms with Gasteiger partial charge in [-0.05, 0) is 53.5 Å². The lowest BCUT2D eigenvalue weighted by molar-refractivity contribution is -0.0915. The normalized spacial score (nSPS) is 28.2. The lowest BCUT2D eigenvalue weighted by Gasteiger charge is -2.40. The fraction of sp³-hybridized carbons (Fsp3) is 1.00. The van der Waals surface area contributed by atoms with Gasteiger partial charge >= 0.3 is 0 Å². The molecule has 17 heavy (non-hydrogen) atoms. The number of hydrogen-bond donors (Lipinski definition) is 1. The van der Waals surface area contributed by atoms with E-state index in [1.54, 1.807) is 13.8 Å². The monoisotopic (exact) mass is 261 g/mol. The van der Waals surface area contributed by atoms with Gasteiger partial charge in [0.15, 0.2) is 0 Å². The molecule has 0 aromatic carbocycles. The van der Waals surface area contributed by atoms with E-state index in [0.717, 1.165) is 19.4 Å². The summed E-state index contributed by atoms with van der Waals surface area (Å²) in [6, 6.07) is 0. The van der Waals surface area contributed by atoms with Crippen molar-refractivity contribution in [1.82, 2.24) is 4.90 Å². The van der Waals surface area contributed by atoms with Crippen molar-refractivity contribution in [2.24, 2.45) is 0 Å². The number of nitrogens with zero attached hydrogens (tertiary/aromatic N) is 1. The number of aliphatic hydroxyl groups is 1. The van der Waals surface area contributed by atoms with Crippen molar-refractivity contribution in [3.05, 3.63) is 0 Å². The Bertz CT molecular complexity index is 255. The summed E-state index contributed by atoms with van der Waals surface area (Å²) in [4.78, 5) is 2.16. The van der Waals surface area contributed by atoms with Crippen LogP contribution < -0.4 is 0 Å². The molecule has 1 rings (SSSR count). The average Bonchev–Trinajstić information content (AvgIpc) is 2.18. The summed E-state index contributed by atoms with van der Waals surface area (Å²) in [6.45, 7) is 8.45. The summed E-state index contributed by atoms with van der Waals surface area (Å²) in [5.41, 5.74) is -1.36. The van der Waals surface area contributed by atoms with Crippen LogP contribution in [0.15, 0.2) is 0 Å². The van der Waals surface area contributed by atoms with Crippen molar-refractivity contribution in [2.45, 2.75) is 63.1 Å². The Kier molecular flexibility index (Phi) is 4.93. The number of piperidine rings is 1. The average molecular weight is 262 g/mol. The van der Waals surface area contributed by atoms with Crippen molar-refractivity contribution in [3.63, 3.8) is 0 Å². The topological polar surface area (TPSA) is 32.7 Å². The van der Waals surface area contributed by atoms with Crippen molar-refractivity contribution >= 4 is 19.1 Å². The van der Waals surface area contributed by atoms with Crippen molar-refractivity contribution in [1.29, 1.82) is 0 Å². The highest BCUT2D eigenvalue weighted by molar-refractivity contribution is 6.35. The maximum atomic E-state index is 10.0. The maximum absolute atomic E-state index is 10.0. The zero-order valence-electron chi connectivity index (χ0n) is 11.7. The van der Waals surface area contributed by atoms with Crippen LogP contribution in [0.5, 0.6) is 0 Å². The van der Waals surface area contributed by atoms with Gasteiger partial charge < -0.3 is 9.76 Å². The molecule has 0 bridgehead atoms. The summed E-state index contributed by atoms with van der Waals surface area (Å²) in [5.74, 6) is 0.344. The van der Waals surface area contributed by atoms with E-state index in [1.165, 1.54) is 0 Å². The highest BCUT2D eigenvalue weighted by Gasteiger charge is 2.38. The number of alkyl halides is 1. The van der Waals surface area contributed by atoms with Gasteiger partial charge in [-0.3, -0.25) is 4.90 Å². The standard InChI is InChI=1S/C12H25BClNO2/c1-11(2,16)12(3,4)17-13-9-7-6-8-15(5)10(9)14/h9-10,13,16H,6-8H2,1-5H3. The summed E-state index contributed by atoms with van der Waals surface area (Å²) < 4.78 is 5.89. The molecule has 0 radical (unpaired) electrons. The van der Waals surface area contributed by atoms with Gasteiger partial charge in [0.2, 0.25) is 0 Å². The van der Waals surface area contributed by atoms with Gasteiger partial charge in [-0.2, -0.15) is 0 Å². The molecule has 1 aliphatic rings. The molecule has 0 spiro atoms. The SMILES string of the molecule is CN1CCCC(BOC(C)(C)C(C)(C)O)C1Cl. The van der Waals surface area contributed by atoms with Crippen LogP contribution in [-0.2, 0) is 4.65 Å². The second kappa shape index (κ2) is 5.47. The highest BCUT2D eigenvalue weighted by atomic mass is 35.5. The molecular formula is C12H25BClNO2. The molecule has 1 fully saturated rings. The van der Waals surface area contributed by atoms with Crippen LogP contribution in [0, 0.1) is 0 Å². The molecule has 5 heteroatoms. The second-order valence-corrected chi connectivity index (χ2v) is 6.58. The molecule has 3 nitrogen and oxygen atoms in total. The van der Waals surface area contributed by atoms with E-state index in [0.29, 0.717) is 13.3 Å². The lowest BCUT2D eigenvalue weighted by Crippen LogP contribution is -2.49. The minimum absolute atomic E-state index is 0.0429. The predicted molar refractivity (Wildman–Crippen MR) is 73.9 cm³/mol. The first-order chi connectivity index (χ1) is 7.65. The van der Waals surface area contributed by atoms with Gasteiger partial charge in [0, 0.05) is 0 Å². The van der Waals surface area contributed by atoms with Crippen LogP contribution in [0.4, 0.5) is 0 Å². The summed E-state index contributed by atoms with van der Waals surface area (Å²) >= 11 is 6.36.